The van der Waals surface area contributed by atoms with E-state index in [0.29, 0.717) is 5.69 Å². The second kappa shape index (κ2) is 5.94. The molecule has 0 saturated heterocycles. The fourth-order valence-corrected chi connectivity index (χ4v) is 2.63. The quantitative estimate of drug-likeness (QED) is 0.746. The number of para-hydroxylation sites is 1. The predicted molar refractivity (Wildman–Crippen MR) is 93.0 cm³/mol. The van der Waals surface area contributed by atoms with Crippen molar-refractivity contribution in [3.8, 4) is 12.3 Å². The fraction of sp³-hybridized carbons (Fsp3) is 0.100. The molecule has 1 atom stereocenters. The van der Waals surface area contributed by atoms with Gasteiger partial charge in [0, 0.05) is 5.39 Å². The van der Waals surface area contributed by atoms with Gasteiger partial charge < -0.3 is 5.32 Å². The van der Waals surface area contributed by atoms with Gasteiger partial charge in [-0.3, -0.25) is 9.78 Å². The van der Waals surface area contributed by atoms with Gasteiger partial charge in [0.25, 0.3) is 0 Å². The van der Waals surface area contributed by atoms with E-state index >= 15 is 0 Å². The maximum Gasteiger partial charge on any atom is 0.183 e. The molecule has 0 fully saturated rings. The van der Waals surface area contributed by atoms with E-state index in [1.807, 2.05) is 60.7 Å². The molecule has 1 N–H and O–H groups in total. The molecule has 0 bridgehead atoms. The van der Waals surface area contributed by atoms with Gasteiger partial charge in [-0.2, -0.15) is 0 Å². The first-order chi connectivity index (χ1) is 11.2. The average molecular weight is 300 g/mol. The molecule has 0 spiro atoms. The Hall–Kier alpha value is -3.12. The van der Waals surface area contributed by atoms with E-state index in [-0.39, 0.29) is 5.78 Å². The van der Waals surface area contributed by atoms with Crippen LogP contribution in [0, 0.1) is 12.3 Å². The van der Waals surface area contributed by atoms with Crippen molar-refractivity contribution in [3.63, 3.8) is 0 Å². The summed E-state index contributed by atoms with van der Waals surface area (Å²) in [5.41, 5.74) is 1.14. The molecule has 23 heavy (non-hydrogen) atoms. The number of Topliss-reactive ketones (excluding diaryl/α,β-unsaturated/α-hetero) is 1. The highest BCUT2D eigenvalue weighted by atomic mass is 16.1. The molecule has 0 amide bonds. The molecule has 1 aromatic heterocycles. The number of aromatic nitrogens is 1. The molecule has 0 saturated carbocycles. The first kappa shape index (κ1) is 14.8. The van der Waals surface area contributed by atoms with Crippen molar-refractivity contribution < 1.29 is 4.79 Å². The van der Waals surface area contributed by atoms with Crippen LogP contribution in [-0.4, -0.2) is 10.8 Å². The first-order valence-electron chi connectivity index (χ1n) is 7.33. The van der Waals surface area contributed by atoms with Gasteiger partial charge in [-0.25, -0.2) is 0 Å². The number of rotatable bonds is 4. The Labute approximate surface area is 135 Å². The molecule has 2 aromatic carbocycles. The summed E-state index contributed by atoms with van der Waals surface area (Å²) in [5, 5.41) is 4.19. The monoisotopic (exact) mass is 300 g/mol. The molecule has 0 aliphatic rings. The second-order valence-corrected chi connectivity index (χ2v) is 5.36. The number of hydrogen-bond donors (Lipinski definition) is 1. The van der Waals surface area contributed by atoms with Gasteiger partial charge >= 0.3 is 0 Å². The number of anilines is 1. The summed E-state index contributed by atoms with van der Waals surface area (Å²) in [6, 6.07) is 19.1. The number of benzene rings is 2. The van der Waals surface area contributed by atoms with Gasteiger partial charge in [-0.05, 0) is 24.6 Å². The molecule has 0 radical (unpaired) electrons. The van der Waals surface area contributed by atoms with E-state index in [4.69, 9.17) is 6.42 Å². The van der Waals surface area contributed by atoms with Crippen molar-refractivity contribution in [1.82, 2.24) is 4.98 Å². The standard InChI is InChI=1S/C20H16N2O/c1-3-20(15(2)23,17-10-5-4-6-11-17)22-18-13-16-9-7-8-12-19(16)21-14-18/h1,4-14,22H,2H3/t20-/m0/s1. The summed E-state index contributed by atoms with van der Waals surface area (Å²) >= 11 is 0. The molecule has 1 heterocycles. The van der Waals surface area contributed by atoms with Gasteiger partial charge in [0.05, 0.1) is 17.4 Å². The normalized spacial score (nSPS) is 13.0. The number of nitrogens with one attached hydrogen (secondary N) is 1. The van der Waals surface area contributed by atoms with Gasteiger partial charge in [-0.1, -0.05) is 54.5 Å². The number of carbonyl (C=O) groups is 1. The van der Waals surface area contributed by atoms with Crippen molar-refractivity contribution >= 4 is 22.4 Å². The smallest absolute Gasteiger partial charge is 0.183 e. The Bertz CT molecular complexity index is 896. The molecular formula is C20H16N2O. The summed E-state index contributed by atoms with van der Waals surface area (Å²) in [4.78, 5) is 16.8. The summed E-state index contributed by atoms with van der Waals surface area (Å²) in [5.74, 6) is 2.50. The molecule has 3 aromatic rings. The van der Waals surface area contributed by atoms with E-state index in [0.717, 1.165) is 16.5 Å². The van der Waals surface area contributed by atoms with Crippen molar-refractivity contribution in [2.45, 2.75) is 12.5 Å². The number of carbonyl (C=O) groups excluding carboxylic acids is 1. The maximum atomic E-state index is 12.3. The van der Waals surface area contributed by atoms with Crippen LogP contribution in [0.4, 0.5) is 5.69 Å². The van der Waals surface area contributed by atoms with Crippen LogP contribution in [0.5, 0.6) is 0 Å². The van der Waals surface area contributed by atoms with E-state index in [1.165, 1.54) is 6.92 Å². The van der Waals surface area contributed by atoms with Crippen molar-refractivity contribution in [1.29, 1.82) is 0 Å². The third-order valence-corrected chi connectivity index (χ3v) is 3.87. The van der Waals surface area contributed by atoms with Gasteiger partial charge in [0.15, 0.2) is 11.3 Å². The molecule has 3 nitrogen and oxygen atoms in total. The molecule has 0 aliphatic heterocycles. The zero-order valence-electron chi connectivity index (χ0n) is 12.8. The van der Waals surface area contributed by atoms with E-state index < -0.39 is 5.54 Å². The summed E-state index contributed by atoms with van der Waals surface area (Å²) < 4.78 is 0. The number of pyridine rings is 1. The average Bonchev–Trinajstić information content (AvgIpc) is 2.60. The summed E-state index contributed by atoms with van der Waals surface area (Å²) in [7, 11) is 0. The predicted octanol–water partition coefficient (Wildman–Crippen LogP) is 3.76. The SMILES string of the molecule is C#C[C@](Nc1cnc2ccccc2c1)(C(C)=O)c1ccccc1. The van der Waals surface area contributed by atoms with Crippen LogP contribution in [0.1, 0.15) is 12.5 Å². The minimum absolute atomic E-state index is 0.139. The number of nitrogens with zero attached hydrogens (tertiary/aromatic N) is 1. The summed E-state index contributed by atoms with van der Waals surface area (Å²) in [6.07, 6.45) is 7.44. The highest BCUT2D eigenvalue weighted by Gasteiger charge is 2.35. The van der Waals surface area contributed by atoms with E-state index in [2.05, 4.69) is 16.2 Å². The Morgan fingerprint density at radius 1 is 1.13 bits per heavy atom. The van der Waals surface area contributed by atoms with E-state index in [1.54, 1.807) is 6.20 Å². The zero-order valence-corrected chi connectivity index (χ0v) is 12.8. The Morgan fingerprint density at radius 3 is 2.52 bits per heavy atom. The minimum Gasteiger partial charge on any atom is -0.358 e. The Morgan fingerprint density at radius 2 is 1.83 bits per heavy atom. The number of hydrogen-bond acceptors (Lipinski definition) is 3. The van der Waals surface area contributed by atoms with Crippen molar-refractivity contribution in [2.75, 3.05) is 5.32 Å². The molecule has 0 aliphatic carbocycles. The van der Waals surface area contributed by atoms with Crippen LogP contribution in [0.25, 0.3) is 10.9 Å². The Kier molecular flexibility index (Phi) is 3.82. The molecule has 3 rings (SSSR count). The van der Waals surface area contributed by atoms with Crippen LogP contribution in [0.15, 0.2) is 66.9 Å². The highest BCUT2D eigenvalue weighted by molar-refractivity contribution is 5.95. The lowest BCUT2D eigenvalue weighted by atomic mass is 9.86. The molecular weight excluding hydrogens is 284 g/mol. The number of terminal acetylenes is 1. The van der Waals surface area contributed by atoms with Crippen LogP contribution >= 0.6 is 0 Å². The summed E-state index contributed by atoms with van der Waals surface area (Å²) in [6.45, 7) is 1.49. The minimum atomic E-state index is -1.20. The lowest BCUT2D eigenvalue weighted by Crippen LogP contribution is -2.40. The van der Waals surface area contributed by atoms with Gasteiger partial charge in [-0.15, -0.1) is 6.42 Å². The number of ketones is 1. The van der Waals surface area contributed by atoms with Crippen molar-refractivity contribution in [2.24, 2.45) is 0 Å². The maximum absolute atomic E-state index is 12.3. The van der Waals surface area contributed by atoms with E-state index in [9.17, 15) is 4.79 Å². The van der Waals surface area contributed by atoms with Crippen molar-refractivity contribution in [3.05, 3.63) is 72.4 Å². The van der Waals surface area contributed by atoms with Crippen LogP contribution in [-0.2, 0) is 10.3 Å². The topological polar surface area (TPSA) is 42.0 Å². The Balaban J connectivity index is 2.08. The van der Waals surface area contributed by atoms with Gasteiger partial charge in [0.1, 0.15) is 0 Å². The lowest BCUT2D eigenvalue weighted by molar-refractivity contribution is -0.119. The first-order valence-corrected chi connectivity index (χ1v) is 7.33. The second-order valence-electron chi connectivity index (χ2n) is 5.36. The highest BCUT2D eigenvalue weighted by Crippen LogP contribution is 2.28. The zero-order chi connectivity index (χ0) is 16.3. The third kappa shape index (κ3) is 2.67. The fourth-order valence-electron chi connectivity index (χ4n) is 2.63. The molecule has 112 valence electrons. The molecule has 3 heteroatoms. The van der Waals surface area contributed by atoms with Crippen LogP contribution in [0.3, 0.4) is 0 Å². The largest absolute Gasteiger partial charge is 0.358 e. The third-order valence-electron chi connectivity index (χ3n) is 3.87. The van der Waals surface area contributed by atoms with Crippen LogP contribution in [0.2, 0.25) is 0 Å². The van der Waals surface area contributed by atoms with Gasteiger partial charge in [0.2, 0.25) is 0 Å². The van der Waals surface area contributed by atoms with Crippen LogP contribution < -0.4 is 5.32 Å². The molecule has 0 unspecified atom stereocenters. The number of fused-ring (bicyclic) bond motifs is 1. The lowest BCUT2D eigenvalue weighted by Gasteiger charge is -2.28.